The first-order chi connectivity index (χ1) is 26.4. The molecule has 3 atom stereocenters. The summed E-state index contributed by atoms with van der Waals surface area (Å²) < 4.78 is 34.5. The summed E-state index contributed by atoms with van der Waals surface area (Å²) in [5, 5.41) is 51.2. The van der Waals surface area contributed by atoms with Crippen molar-refractivity contribution in [2.45, 2.75) is 56.8 Å². The molecule has 1 heterocycles. The van der Waals surface area contributed by atoms with E-state index in [0.717, 1.165) is 24.1 Å². The van der Waals surface area contributed by atoms with Crippen molar-refractivity contribution in [3.8, 4) is 40.5 Å². The number of β-amino-alcohol motifs (C(OH)–C–C–N with tert-alkyl or cyclic N) is 1. The van der Waals surface area contributed by atoms with Gasteiger partial charge in [-0.2, -0.15) is 10.5 Å². The Morgan fingerprint density at radius 2 is 1.71 bits per heavy atom. The van der Waals surface area contributed by atoms with E-state index in [1.165, 1.54) is 25.1 Å². The second-order valence-electron chi connectivity index (χ2n) is 13.8. The molecule has 14 heteroatoms. The Kier molecular flexibility index (Phi) is 12.5. The van der Waals surface area contributed by atoms with E-state index >= 15 is 4.39 Å². The zero-order valence-corrected chi connectivity index (χ0v) is 31.4. The Morgan fingerprint density at radius 1 is 1.00 bits per heavy atom. The number of likely N-dealkylation sites (tertiary alicyclic amines) is 1. The largest absolute Gasteiger partial charge is 0.492 e. The summed E-state index contributed by atoms with van der Waals surface area (Å²) >= 11 is 13.6. The molecule has 0 radical (unpaired) electrons. The number of hydrogen-bond acceptors (Lipinski definition) is 10. The molecular formula is C41H39Cl2FN4O7. The van der Waals surface area contributed by atoms with Gasteiger partial charge in [-0.3, -0.25) is 15.0 Å². The van der Waals surface area contributed by atoms with Crippen LogP contribution in [0.3, 0.4) is 0 Å². The van der Waals surface area contributed by atoms with Crippen molar-refractivity contribution in [1.82, 2.24) is 10.2 Å². The van der Waals surface area contributed by atoms with Gasteiger partial charge in [0.1, 0.15) is 35.6 Å². The Bertz CT molecular complexity index is 2120. The normalized spacial score (nSPS) is 17.7. The highest BCUT2D eigenvalue weighted by Crippen LogP contribution is 2.46. The van der Waals surface area contributed by atoms with Crippen LogP contribution in [-0.2, 0) is 24.4 Å². The van der Waals surface area contributed by atoms with Crippen LogP contribution in [0.4, 0.5) is 4.39 Å². The molecule has 55 heavy (non-hydrogen) atoms. The minimum atomic E-state index is -1.68. The molecule has 1 aliphatic heterocycles. The maximum Gasteiger partial charge on any atom is 0.326 e. The number of fused-ring (bicyclic) bond motifs is 1. The average Bonchev–Trinajstić information content (AvgIpc) is 3.49. The smallest absolute Gasteiger partial charge is 0.326 e. The Labute approximate surface area is 328 Å². The fourth-order valence-electron chi connectivity index (χ4n) is 6.64. The number of alkyl halides is 1. The summed E-state index contributed by atoms with van der Waals surface area (Å²) in [4.78, 5) is 14.0. The number of benzene rings is 4. The average molecular weight is 790 g/mol. The van der Waals surface area contributed by atoms with Gasteiger partial charge in [-0.15, -0.1) is 0 Å². The number of aliphatic hydroxyl groups excluding tert-OH is 2. The number of ether oxygens (including phenoxy) is 3. The summed E-state index contributed by atoms with van der Waals surface area (Å²) in [6.45, 7) is 3.06. The molecule has 0 bridgehead atoms. The van der Waals surface area contributed by atoms with Crippen molar-refractivity contribution in [2.24, 2.45) is 0 Å². The molecule has 4 N–H and O–H groups in total. The van der Waals surface area contributed by atoms with E-state index in [9.17, 15) is 30.6 Å². The van der Waals surface area contributed by atoms with Crippen molar-refractivity contribution in [2.75, 3.05) is 32.8 Å². The van der Waals surface area contributed by atoms with E-state index < -0.39 is 30.4 Å². The lowest BCUT2D eigenvalue weighted by Gasteiger charge is -2.35. The van der Waals surface area contributed by atoms with Crippen LogP contribution < -0.4 is 19.5 Å². The lowest BCUT2D eigenvalue weighted by Crippen LogP contribution is -2.52. The molecule has 4 aromatic carbocycles. The fraction of sp³-hybridized carbons (Fsp3) is 0.341. The van der Waals surface area contributed by atoms with Crippen LogP contribution in [0.1, 0.15) is 52.8 Å². The third kappa shape index (κ3) is 8.98. The van der Waals surface area contributed by atoms with E-state index in [1.54, 1.807) is 24.3 Å². The zero-order chi connectivity index (χ0) is 39.3. The van der Waals surface area contributed by atoms with Crippen LogP contribution in [0.15, 0.2) is 66.7 Å². The molecule has 0 aromatic heterocycles. The predicted octanol–water partition coefficient (Wildman–Crippen LogP) is 6.37. The molecule has 1 saturated heterocycles. The number of nitrogens with zero attached hydrogens (tertiary/aromatic N) is 3. The number of rotatable bonds is 16. The van der Waals surface area contributed by atoms with Gasteiger partial charge in [0.05, 0.1) is 52.6 Å². The predicted molar refractivity (Wildman–Crippen MR) is 203 cm³/mol. The Morgan fingerprint density at radius 3 is 2.38 bits per heavy atom. The third-order valence-electron chi connectivity index (χ3n) is 9.79. The molecule has 0 amide bonds. The molecular weight excluding hydrogens is 750 g/mol. The number of carboxylic acid groups (broad SMARTS) is 1. The van der Waals surface area contributed by atoms with E-state index in [-0.39, 0.29) is 53.3 Å². The van der Waals surface area contributed by atoms with Gasteiger partial charge in [0.15, 0.2) is 6.10 Å². The summed E-state index contributed by atoms with van der Waals surface area (Å²) in [6, 6.07) is 22.6. The minimum absolute atomic E-state index is 0.0492. The van der Waals surface area contributed by atoms with Crippen molar-refractivity contribution in [3.05, 3.63) is 110 Å². The quantitative estimate of drug-likeness (QED) is 0.0932. The minimum Gasteiger partial charge on any atom is -0.492 e. The number of carboxylic acids is 1. The van der Waals surface area contributed by atoms with Crippen LogP contribution in [-0.4, -0.2) is 76.9 Å². The van der Waals surface area contributed by atoms with Crippen LogP contribution in [0.5, 0.6) is 17.2 Å². The van der Waals surface area contributed by atoms with Gasteiger partial charge < -0.3 is 29.5 Å². The number of aliphatic carboxylic acids is 1. The maximum absolute atomic E-state index is 16.0. The van der Waals surface area contributed by atoms with Crippen LogP contribution >= 0.6 is 23.2 Å². The first kappa shape index (κ1) is 39.8. The van der Waals surface area contributed by atoms with Gasteiger partial charge >= 0.3 is 5.97 Å². The lowest BCUT2D eigenvalue weighted by atomic mass is 9.96. The standard InChI is InChI=1S/C41H39Cl2FN4O7/c1-41(23-49,40(51)52)47-19-27-14-33(42)37(16-36(27)54-22-26-12-24(17-45)11-25(13-26)18-46)55-39-31-7-2-5-29(32(31)15-34(39)44)30-6-3-8-35(38(30)43)53-10-4-9-48-20-28(50)21-48/h2-3,5-8,11-14,16,28,34,39,47,49-50H,4,9-10,15,19-23H2,1H3,(H,51,52)/t34-,39+,41-/m0/s1. The highest BCUT2D eigenvalue weighted by molar-refractivity contribution is 6.35. The molecule has 1 fully saturated rings. The highest BCUT2D eigenvalue weighted by Gasteiger charge is 2.37. The second kappa shape index (κ2) is 17.3. The summed E-state index contributed by atoms with van der Waals surface area (Å²) in [6.07, 6.45) is -1.93. The van der Waals surface area contributed by atoms with E-state index in [4.69, 9.17) is 37.4 Å². The molecule has 2 aliphatic rings. The topological polar surface area (TPSA) is 168 Å². The fourth-order valence-corrected chi connectivity index (χ4v) is 7.16. The molecule has 0 spiro atoms. The molecule has 6 rings (SSSR count). The van der Waals surface area contributed by atoms with E-state index in [0.29, 0.717) is 52.7 Å². The summed E-state index contributed by atoms with van der Waals surface area (Å²) in [5.74, 6) is -0.428. The highest BCUT2D eigenvalue weighted by atomic mass is 35.5. The number of hydrogen-bond donors (Lipinski definition) is 4. The monoisotopic (exact) mass is 788 g/mol. The van der Waals surface area contributed by atoms with Gasteiger partial charge in [0.2, 0.25) is 0 Å². The number of nitrogens with one attached hydrogen (secondary N) is 1. The van der Waals surface area contributed by atoms with Gasteiger partial charge in [-0.1, -0.05) is 53.5 Å². The molecule has 0 saturated carbocycles. The number of aliphatic hydroxyl groups is 2. The van der Waals surface area contributed by atoms with Gasteiger partial charge in [0, 0.05) is 49.8 Å². The van der Waals surface area contributed by atoms with Gasteiger partial charge in [-0.25, -0.2) is 4.39 Å². The number of nitriles is 2. The summed E-state index contributed by atoms with van der Waals surface area (Å²) in [5.41, 5.74) is 2.59. The first-order valence-electron chi connectivity index (χ1n) is 17.7. The lowest BCUT2D eigenvalue weighted by molar-refractivity contribution is -0.145. The second-order valence-corrected chi connectivity index (χ2v) is 14.6. The maximum atomic E-state index is 16.0. The van der Waals surface area contributed by atoms with Crippen molar-refractivity contribution >= 4 is 29.2 Å². The molecule has 286 valence electrons. The number of carbonyl (C=O) groups is 1. The molecule has 11 nitrogen and oxygen atoms in total. The third-order valence-corrected chi connectivity index (χ3v) is 10.5. The molecule has 0 unspecified atom stereocenters. The SMILES string of the molecule is C[C@@](CO)(NCc1cc(Cl)c(O[C@@H]2c3cccc(-c4cccc(OCCCN5CC(O)C5)c4Cl)c3C[C@@H]2F)cc1OCc1cc(C#N)cc(C#N)c1)C(=O)O. The van der Waals surface area contributed by atoms with Crippen molar-refractivity contribution < 1.29 is 38.7 Å². The summed E-state index contributed by atoms with van der Waals surface area (Å²) in [7, 11) is 0. The Balaban J connectivity index is 1.25. The van der Waals surface area contributed by atoms with Crippen LogP contribution in [0.2, 0.25) is 10.0 Å². The van der Waals surface area contributed by atoms with E-state index in [1.807, 2.05) is 36.4 Å². The van der Waals surface area contributed by atoms with Crippen LogP contribution in [0, 0.1) is 22.7 Å². The van der Waals surface area contributed by atoms with Crippen molar-refractivity contribution in [3.63, 3.8) is 0 Å². The number of halogens is 3. The van der Waals surface area contributed by atoms with E-state index in [2.05, 4.69) is 10.2 Å². The van der Waals surface area contributed by atoms with Crippen molar-refractivity contribution in [1.29, 1.82) is 10.5 Å². The first-order valence-corrected chi connectivity index (χ1v) is 18.4. The van der Waals surface area contributed by atoms with Gasteiger partial charge in [0.25, 0.3) is 0 Å². The molecule has 1 aliphatic carbocycles. The van der Waals surface area contributed by atoms with Gasteiger partial charge in [-0.05, 0) is 65.9 Å². The zero-order valence-electron chi connectivity index (χ0n) is 29.9. The molecule has 4 aromatic rings. The van der Waals surface area contributed by atoms with Crippen LogP contribution in [0.25, 0.3) is 11.1 Å². The Hall–Kier alpha value is -4.92.